The number of benzene rings is 1. The Morgan fingerprint density at radius 1 is 1.53 bits per heavy atom. The predicted octanol–water partition coefficient (Wildman–Crippen LogP) is 1.04. The number of hydrogen-bond donors (Lipinski definition) is 1. The summed E-state index contributed by atoms with van der Waals surface area (Å²) >= 11 is 0. The summed E-state index contributed by atoms with van der Waals surface area (Å²) in [5.41, 5.74) is -0.836. The van der Waals surface area contributed by atoms with Crippen LogP contribution in [0.15, 0.2) is 17.0 Å². The third-order valence-electron chi connectivity index (χ3n) is 2.02. The minimum Gasteiger partial charge on any atom is -0.496 e. The number of aromatic carboxylic acids is 1. The van der Waals surface area contributed by atoms with Crippen LogP contribution in [0, 0.1) is 10.1 Å². The average Bonchev–Trinajstić information content (AvgIpc) is 2.26. The number of nitrogens with zero attached hydrogens (tertiary/aromatic N) is 1. The number of nitro groups is 1. The highest BCUT2D eigenvalue weighted by Gasteiger charge is 2.23. The molecule has 0 bridgehead atoms. The van der Waals surface area contributed by atoms with E-state index in [2.05, 4.69) is 0 Å². The van der Waals surface area contributed by atoms with E-state index >= 15 is 0 Å². The van der Waals surface area contributed by atoms with Crippen molar-refractivity contribution in [3.63, 3.8) is 0 Å². The second-order valence-electron chi connectivity index (χ2n) is 3.04. The van der Waals surface area contributed by atoms with Gasteiger partial charge < -0.3 is 9.84 Å². The zero-order valence-electron chi connectivity index (χ0n) is 9.00. The first-order chi connectivity index (χ1) is 7.88. The topological polar surface area (TPSA) is 107 Å². The van der Waals surface area contributed by atoms with Gasteiger partial charge in [-0.05, 0) is 0 Å². The van der Waals surface area contributed by atoms with Crippen LogP contribution >= 0.6 is 0 Å². The molecule has 7 nitrogen and oxygen atoms in total. The number of methoxy groups -OCH3 is 1. The third-order valence-corrected chi connectivity index (χ3v) is 2.96. The van der Waals surface area contributed by atoms with Crippen LogP contribution in [0.4, 0.5) is 5.69 Å². The molecule has 0 saturated heterocycles. The maximum Gasteiger partial charge on any atom is 0.339 e. The second-order valence-corrected chi connectivity index (χ2v) is 4.38. The maximum atomic E-state index is 11.3. The molecule has 0 aliphatic carbocycles. The Labute approximate surface area is 98.6 Å². The van der Waals surface area contributed by atoms with E-state index in [1.165, 1.54) is 13.4 Å². The van der Waals surface area contributed by atoms with E-state index in [-0.39, 0.29) is 16.2 Å². The number of rotatable bonds is 4. The van der Waals surface area contributed by atoms with Crippen molar-refractivity contribution in [1.29, 1.82) is 0 Å². The Balaban J connectivity index is 3.59. The Kier molecular flexibility index (Phi) is 3.79. The van der Waals surface area contributed by atoms with Crippen LogP contribution in [0.1, 0.15) is 10.4 Å². The Morgan fingerprint density at radius 2 is 2.12 bits per heavy atom. The summed E-state index contributed by atoms with van der Waals surface area (Å²) in [5.74, 6) is -1.41. The van der Waals surface area contributed by atoms with Crippen LogP contribution in [-0.4, -0.2) is 33.6 Å². The molecule has 0 amide bonds. The van der Waals surface area contributed by atoms with Gasteiger partial charge in [-0.1, -0.05) is 0 Å². The average molecular weight is 259 g/mol. The molecular formula is C9H9NO6S. The lowest BCUT2D eigenvalue weighted by Gasteiger charge is -2.07. The van der Waals surface area contributed by atoms with E-state index < -0.39 is 27.4 Å². The lowest BCUT2D eigenvalue weighted by molar-refractivity contribution is -0.387. The second kappa shape index (κ2) is 4.91. The largest absolute Gasteiger partial charge is 0.496 e. The number of nitro benzene ring substituents is 1. The molecule has 1 N–H and O–H groups in total. The molecule has 0 saturated carbocycles. The van der Waals surface area contributed by atoms with E-state index in [9.17, 15) is 19.1 Å². The molecule has 1 unspecified atom stereocenters. The standard InChI is InChI=1S/C9H9NO6S/c1-16-7-4-8(17(2)15)6(10(13)14)3-5(7)9(11)12/h3-4H,1-2H3,(H,11,12). The van der Waals surface area contributed by atoms with Crippen molar-refractivity contribution in [1.82, 2.24) is 0 Å². The lowest BCUT2D eigenvalue weighted by Crippen LogP contribution is -2.05. The number of ether oxygens (including phenoxy) is 1. The van der Waals surface area contributed by atoms with Crippen molar-refractivity contribution in [2.75, 3.05) is 13.4 Å². The van der Waals surface area contributed by atoms with E-state index in [0.717, 1.165) is 12.1 Å². The summed E-state index contributed by atoms with van der Waals surface area (Å²) in [7, 11) is -0.377. The summed E-state index contributed by atoms with van der Waals surface area (Å²) in [4.78, 5) is 20.7. The summed E-state index contributed by atoms with van der Waals surface area (Å²) < 4.78 is 16.1. The van der Waals surface area contributed by atoms with Crippen molar-refractivity contribution in [3.05, 3.63) is 27.8 Å². The molecule has 1 atom stereocenters. The van der Waals surface area contributed by atoms with E-state index in [1.54, 1.807) is 0 Å². The first kappa shape index (κ1) is 13.1. The van der Waals surface area contributed by atoms with Crippen LogP contribution in [0.3, 0.4) is 0 Å². The zero-order valence-corrected chi connectivity index (χ0v) is 9.82. The van der Waals surface area contributed by atoms with Gasteiger partial charge in [-0.3, -0.25) is 14.3 Å². The lowest BCUT2D eigenvalue weighted by atomic mass is 10.2. The molecule has 0 radical (unpaired) electrons. The molecule has 1 aromatic rings. The van der Waals surface area contributed by atoms with Crippen molar-refractivity contribution >= 4 is 22.5 Å². The highest BCUT2D eigenvalue weighted by Crippen LogP contribution is 2.30. The van der Waals surface area contributed by atoms with Gasteiger partial charge in [0.25, 0.3) is 5.69 Å². The monoisotopic (exact) mass is 259 g/mol. The van der Waals surface area contributed by atoms with Crippen LogP contribution in [0.5, 0.6) is 5.75 Å². The van der Waals surface area contributed by atoms with Gasteiger partial charge in [-0.15, -0.1) is 0 Å². The van der Waals surface area contributed by atoms with Crippen LogP contribution in [0.25, 0.3) is 0 Å². The van der Waals surface area contributed by atoms with Gasteiger partial charge in [-0.25, -0.2) is 4.79 Å². The molecule has 8 heteroatoms. The van der Waals surface area contributed by atoms with E-state index in [0.29, 0.717) is 0 Å². The molecule has 0 fully saturated rings. The molecule has 0 aromatic heterocycles. The molecular weight excluding hydrogens is 250 g/mol. The predicted molar refractivity (Wildman–Crippen MR) is 58.9 cm³/mol. The molecule has 17 heavy (non-hydrogen) atoms. The molecule has 92 valence electrons. The van der Waals surface area contributed by atoms with Crippen molar-refractivity contribution in [3.8, 4) is 5.75 Å². The molecule has 0 aliphatic heterocycles. The maximum absolute atomic E-state index is 11.3. The van der Waals surface area contributed by atoms with Crippen molar-refractivity contribution in [2.45, 2.75) is 4.90 Å². The third kappa shape index (κ3) is 2.59. The highest BCUT2D eigenvalue weighted by atomic mass is 32.2. The quantitative estimate of drug-likeness (QED) is 0.639. The SMILES string of the molecule is COc1cc(S(C)=O)c([N+](=O)[O-])cc1C(=O)O. The number of carbonyl (C=O) groups is 1. The summed E-state index contributed by atoms with van der Waals surface area (Å²) in [6.07, 6.45) is 1.27. The number of hydrogen-bond acceptors (Lipinski definition) is 5. The Hall–Kier alpha value is -1.96. The number of carboxylic acids is 1. The fourth-order valence-corrected chi connectivity index (χ4v) is 1.96. The van der Waals surface area contributed by atoms with Crippen LogP contribution in [0.2, 0.25) is 0 Å². The van der Waals surface area contributed by atoms with Crippen LogP contribution in [-0.2, 0) is 10.8 Å². The minimum absolute atomic E-state index is 0.0618. The fraction of sp³-hybridized carbons (Fsp3) is 0.222. The molecule has 1 rings (SSSR count). The fourth-order valence-electron chi connectivity index (χ4n) is 1.26. The first-order valence-corrected chi connectivity index (χ1v) is 5.87. The molecule has 0 heterocycles. The molecule has 0 spiro atoms. The van der Waals surface area contributed by atoms with Crippen molar-refractivity contribution < 1.29 is 23.8 Å². The smallest absolute Gasteiger partial charge is 0.339 e. The van der Waals surface area contributed by atoms with Gasteiger partial charge in [0.2, 0.25) is 0 Å². The highest BCUT2D eigenvalue weighted by molar-refractivity contribution is 7.84. The summed E-state index contributed by atoms with van der Waals surface area (Å²) in [6, 6.07) is 1.95. The summed E-state index contributed by atoms with van der Waals surface area (Å²) in [6.45, 7) is 0. The van der Waals surface area contributed by atoms with Gasteiger partial charge in [0.05, 0.1) is 22.8 Å². The van der Waals surface area contributed by atoms with E-state index in [4.69, 9.17) is 9.84 Å². The van der Waals surface area contributed by atoms with Gasteiger partial charge in [0.1, 0.15) is 16.2 Å². The zero-order chi connectivity index (χ0) is 13.2. The molecule has 1 aromatic carbocycles. The van der Waals surface area contributed by atoms with E-state index in [1.807, 2.05) is 0 Å². The molecule has 0 aliphatic rings. The van der Waals surface area contributed by atoms with Gasteiger partial charge in [-0.2, -0.15) is 0 Å². The summed E-state index contributed by atoms with van der Waals surface area (Å²) in [5, 5.41) is 19.6. The minimum atomic E-state index is -1.61. The van der Waals surface area contributed by atoms with Crippen LogP contribution < -0.4 is 4.74 Å². The Morgan fingerprint density at radius 3 is 2.47 bits per heavy atom. The van der Waals surface area contributed by atoms with Gasteiger partial charge in [0, 0.05) is 18.4 Å². The van der Waals surface area contributed by atoms with Crippen molar-refractivity contribution in [2.24, 2.45) is 0 Å². The number of carboxylic acid groups (broad SMARTS) is 1. The Bertz CT molecular complexity index is 512. The van der Waals surface area contributed by atoms with Gasteiger partial charge >= 0.3 is 5.97 Å². The normalized spacial score (nSPS) is 11.9. The van der Waals surface area contributed by atoms with Gasteiger partial charge in [0.15, 0.2) is 0 Å². The first-order valence-electron chi connectivity index (χ1n) is 4.31.